The zero-order chi connectivity index (χ0) is 27.3. The molecule has 4 N–H and O–H groups in total. The molecule has 200 valence electrons. The zero-order valence-electron chi connectivity index (χ0n) is 19.5. The van der Waals surface area contributed by atoms with Crippen molar-refractivity contribution < 1.29 is 41.4 Å². The summed E-state index contributed by atoms with van der Waals surface area (Å²) in [5, 5.41) is 24.0. The first-order valence-electron chi connectivity index (χ1n) is 11.4. The first kappa shape index (κ1) is 27.4. The van der Waals surface area contributed by atoms with Crippen LogP contribution >= 0.6 is 11.6 Å². The van der Waals surface area contributed by atoms with Gasteiger partial charge < -0.3 is 20.8 Å². The van der Waals surface area contributed by atoms with Crippen molar-refractivity contribution in [3.8, 4) is 0 Å². The summed E-state index contributed by atoms with van der Waals surface area (Å²) >= 11 is 6.17. The summed E-state index contributed by atoms with van der Waals surface area (Å²) in [6.07, 6.45) is -0.473. The van der Waals surface area contributed by atoms with Crippen molar-refractivity contribution in [3.63, 3.8) is 0 Å². The number of amides is 2. The van der Waals surface area contributed by atoms with E-state index in [1.807, 2.05) is 0 Å². The molecule has 2 amide bonds. The summed E-state index contributed by atoms with van der Waals surface area (Å²) in [6, 6.07) is 4.67. The monoisotopic (exact) mass is 560 g/mol. The molecule has 3 saturated carbocycles. The van der Waals surface area contributed by atoms with Crippen LogP contribution in [0.5, 0.6) is 0 Å². The second-order valence-corrected chi connectivity index (χ2v) is 12.1. The van der Waals surface area contributed by atoms with Crippen LogP contribution in [0.25, 0.3) is 0 Å². The molecular formula is C24H24ClF3N2O6S. The Morgan fingerprint density at radius 2 is 1.70 bits per heavy atom. The van der Waals surface area contributed by atoms with E-state index in [1.54, 1.807) is 0 Å². The maximum absolute atomic E-state index is 13.5. The van der Waals surface area contributed by atoms with Crippen molar-refractivity contribution >= 4 is 38.9 Å². The van der Waals surface area contributed by atoms with Crippen molar-refractivity contribution in [1.82, 2.24) is 5.32 Å². The zero-order valence-corrected chi connectivity index (χ0v) is 21.0. The largest absolute Gasteiger partial charge is 0.387 e. The molecule has 0 saturated heterocycles. The van der Waals surface area contributed by atoms with Crippen LogP contribution in [0.4, 0.5) is 18.9 Å². The topological polar surface area (TPSA) is 133 Å². The van der Waals surface area contributed by atoms with E-state index in [2.05, 4.69) is 10.6 Å². The minimum absolute atomic E-state index is 0.0980. The number of anilines is 1. The van der Waals surface area contributed by atoms with Crippen LogP contribution < -0.4 is 10.6 Å². The summed E-state index contributed by atoms with van der Waals surface area (Å²) < 4.78 is 67.0. The Morgan fingerprint density at radius 1 is 1.11 bits per heavy atom. The molecule has 37 heavy (non-hydrogen) atoms. The first-order valence-corrected chi connectivity index (χ1v) is 13.3. The second kappa shape index (κ2) is 9.90. The van der Waals surface area contributed by atoms with Crippen LogP contribution in [0.1, 0.15) is 36.5 Å². The molecule has 0 aliphatic heterocycles. The maximum Gasteiger partial charge on any atom is 0.255 e. The number of nitrogens with one attached hydrogen (secondary N) is 2. The molecule has 8 nitrogen and oxygen atoms in total. The molecule has 2 aromatic carbocycles. The van der Waals surface area contributed by atoms with Gasteiger partial charge in [-0.3, -0.25) is 9.59 Å². The highest BCUT2D eigenvalue weighted by atomic mass is 35.5. The van der Waals surface area contributed by atoms with Gasteiger partial charge in [0.05, 0.1) is 20.8 Å². The van der Waals surface area contributed by atoms with Crippen LogP contribution in [0.15, 0.2) is 35.2 Å². The van der Waals surface area contributed by atoms with E-state index in [0.29, 0.717) is 18.6 Å². The normalized spacial score (nSPS) is 25.6. The van der Waals surface area contributed by atoms with Crippen LogP contribution in [0.3, 0.4) is 0 Å². The minimum atomic E-state index is -4.06. The van der Waals surface area contributed by atoms with Gasteiger partial charge in [0.15, 0.2) is 27.3 Å². The Balaban J connectivity index is 1.51. The fourth-order valence-electron chi connectivity index (χ4n) is 5.05. The van der Waals surface area contributed by atoms with Crippen molar-refractivity contribution in [3.05, 3.63) is 58.4 Å². The van der Waals surface area contributed by atoms with Gasteiger partial charge >= 0.3 is 0 Å². The lowest BCUT2D eigenvalue weighted by molar-refractivity contribution is -0.175. The number of carbonyl (C=O) groups excluding carboxylic acids is 2. The number of aliphatic hydroxyl groups excluding tert-OH is 1. The number of aliphatic hydroxyl groups is 2. The Kier molecular flexibility index (Phi) is 7.32. The number of carbonyl (C=O) groups is 2. The number of benzene rings is 2. The van der Waals surface area contributed by atoms with E-state index in [4.69, 9.17) is 11.6 Å². The second-order valence-electron chi connectivity index (χ2n) is 9.51. The average Bonchev–Trinajstić information content (AvgIpc) is 2.85. The Bertz CT molecular complexity index is 1340. The third kappa shape index (κ3) is 5.07. The molecule has 13 heteroatoms. The van der Waals surface area contributed by atoms with Gasteiger partial charge in [0.2, 0.25) is 5.91 Å². The lowest BCUT2D eigenvalue weighted by Gasteiger charge is -2.58. The average molecular weight is 561 g/mol. The van der Waals surface area contributed by atoms with Crippen molar-refractivity contribution in [1.29, 1.82) is 0 Å². The van der Waals surface area contributed by atoms with Crippen molar-refractivity contribution in [2.75, 3.05) is 11.9 Å². The first-order chi connectivity index (χ1) is 17.2. The summed E-state index contributed by atoms with van der Waals surface area (Å²) in [6.45, 7) is 1.18. The van der Waals surface area contributed by atoms with Crippen LogP contribution in [-0.2, 0) is 14.6 Å². The highest BCUT2D eigenvalue weighted by Gasteiger charge is 2.60. The molecule has 3 fully saturated rings. The Hall–Kier alpha value is -2.67. The van der Waals surface area contributed by atoms with Gasteiger partial charge in [-0.2, -0.15) is 0 Å². The SMILES string of the molecule is C[C@H](O)C(=O)NC[C@]1(O)C2CC1C[C@@H](S(=O)(=O)c1cc(C(=O)Nc3cc(F)c(F)c(F)c3)ccc1Cl)C2. The van der Waals surface area contributed by atoms with E-state index in [0.717, 1.165) is 6.07 Å². The van der Waals surface area contributed by atoms with Gasteiger partial charge in [-0.25, -0.2) is 21.6 Å². The molecule has 3 atom stereocenters. The lowest BCUT2D eigenvalue weighted by atomic mass is 9.53. The molecule has 3 aliphatic carbocycles. The van der Waals surface area contributed by atoms with Gasteiger partial charge in [0.1, 0.15) is 6.10 Å². The molecule has 0 heterocycles. The summed E-state index contributed by atoms with van der Waals surface area (Å²) in [5.41, 5.74) is -1.82. The molecule has 5 rings (SSSR count). The van der Waals surface area contributed by atoms with E-state index in [9.17, 15) is 41.4 Å². The molecule has 0 spiro atoms. The quantitative estimate of drug-likeness (QED) is 0.385. The Morgan fingerprint density at radius 3 is 2.27 bits per heavy atom. The molecule has 0 radical (unpaired) electrons. The highest BCUT2D eigenvalue weighted by Crippen LogP contribution is 2.55. The fraction of sp³-hybridized carbons (Fsp3) is 0.417. The van der Waals surface area contributed by atoms with E-state index >= 15 is 0 Å². The van der Waals surface area contributed by atoms with Gasteiger partial charge in [-0.1, -0.05) is 11.6 Å². The fourth-order valence-corrected chi connectivity index (χ4v) is 7.45. The number of hydrogen-bond donors (Lipinski definition) is 4. The predicted molar refractivity (Wildman–Crippen MR) is 127 cm³/mol. The Labute approximate surface area is 215 Å². The molecule has 0 aromatic heterocycles. The molecule has 3 aliphatic rings. The minimum Gasteiger partial charge on any atom is -0.387 e. The molecule has 2 bridgehead atoms. The van der Waals surface area contributed by atoms with Crippen LogP contribution in [0, 0.1) is 29.3 Å². The van der Waals surface area contributed by atoms with Gasteiger partial charge in [0, 0.05) is 29.9 Å². The number of fused-ring (bicyclic) bond motifs is 2. The van der Waals surface area contributed by atoms with E-state index in [-0.39, 0.29) is 40.6 Å². The number of sulfone groups is 1. The van der Waals surface area contributed by atoms with E-state index in [1.165, 1.54) is 19.1 Å². The van der Waals surface area contributed by atoms with Crippen molar-refractivity contribution in [2.24, 2.45) is 11.8 Å². The van der Waals surface area contributed by atoms with Gasteiger partial charge in [0.25, 0.3) is 5.91 Å². The lowest BCUT2D eigenvalue weighted by Crippen LogP contribution is -2.66. The molecular weight excluding hydrogens is 537 g/mol. The molecule has 2 unspecified atom stereocenters. The van der Waals surface area contributed by atoms with Crippen molar-refractivity contribution in [2.45, 2.75) is 48.0 Å². The summed E-state index contributed by atoms with van der Waals surface area (Å²) in [5.74, 6) is -7.06. The highest BCUT2D eigenvalue weighted by molar-refractivity contribution is 7.92. The van der Waals surface area contributed by atoms with Crippen LogP contribution in [-0.4, -0.2) is 53.9 Å². The molecule has 2 aromatic rings. The van der Waals surface area contributed by atoms with Gasteiger partial charge in [-0.15, -0.1) is 0 Å². The van der Waals surface area contributed by atoms with Gasteiger partial charge in [-0.05, 0) is 56.2 Å². The third-order valence-corrected chi connectivity index (χ3v) is 9.84. The number of hydrogen-bond acceptors (Lipinski definition) is 6. The number of halogens is 4. The van der Waals surface area contributed by atoms with E-state index < -0.39 is 67.9 Å². The standard InChI is InChI=1S/C24H24ClF3N2O6S/c1-11(31)22(32)29-10-24(34)13-5-14(24)7-16(6-13)37(35,36)20-4-12(2-3-17(20)25)23(33)30-15-8-18(26)21(28)19(27)9-15/h2-4,8-9,11,13-14,16,31,34H,5-7,10H2,1H3,(H,29,32)(H,30,33)/t11-,13?,14?,16-,24-/m0/s1. The van der Waals surface area contributed by atoms with Crippen LogP contribution in [0.2, 0.25) is 5.02 Å². The number of rotatable bonds is 7. The summed E-state index contributed by atoms with van der Waals surface area (Å²) in [7, 11) is -4.06. The predicted octanol–water partition coefficient (Wildman–Crippen LogP) is 2.81. The third-order valence-electron chi connectivity index (χ3n) is 7.18. The summed E-state index contributed by atoms with van der Waals surface area (Å²) in [4.78, 5) is 24.0. The maximum atomic E-state index is 13.5. The smallest absolute Gasteiger partial charge is 0.255 e.